The lowest BCUT2D eigenvalue weighted by molar-refractivity contribution is 0.562. The zero-order chi connectivity index (χ0) is 9.54. The molecule has 0 aliphatic carbocycles. The third kappa shape index (κ3) is 0.836. The minimum Gasteiger partial charge on any atom is -0.420 e. The van der Waals surface area contributed by atoms with Gasteiger partial charge in [-0.3, -0.25) is 0 Å². The number of aromatic nitrogens is 1. The Balaban J connectivity index is 2.73. The number of para-hydroxylation sites is 2. The molecule has 3 heteroatoms. The summed E-state index contributed by atoms with van der Waals surface area (Å²) < 4.78 is 6.99. The fourth-order valence-electron chi connectivity index (χ4n) is 1.65. The molecule has 0 radical (unpaired) electrons. The molecule has 3 nitrogen and oxygen atoms in total. The summed E-state index contributed by atoms with van der Waals surface area (Å²) in [7, 11) is 0. The number of nitrogens with zero attached hydrogens (tertiary/aromatic N) is 1. The molecule has 0 spiro atoms. The van der Waals surface area contributed by atoms with E-state index in [4.69, 9.17) is 4.42 Å². The Hall–Kier alpha value is -2.03. The Kier molecular flexibility index (Phi) is 1.31. The molecule has 0 N–H and O–H groups in total. The van der Waals surface area contributed by atoms with Crippen molar-refractivity contribution in [2.45, 2.75) is 0 Å². The van der Waals surface area contributed by atoms with Gasteiger partial charge in [0.1, 0.15) is 5.52 Å². The molecule has 1 aromatic carbocycles. The zero-order valence-corrected chi connectivity index (χ0v) is 7.31. The molecule has 0 aliphatic heterocycles. The van der Waals surface area contributed by atoms with E-state index in [1.54, 1.807) is 12.1 Å². The monoisotopic (exact) mass is 185 g/mol. The highest BCUT2D eigenvalue weighted by molar-refractivity contribution is 5.75. The van der Waals surface area contributed by atoms with E-state index in [1.165, 1.54) is 0 Å². The van der Waals surface area contributed by atoms with Gasteiger partial charge < -0.3 is 8.82 Å². The van der Waals surface area contributed by atoms with Crippen LogP contribution >= 0.6 is 0 Å². The van der Waals surface area contributed by atoms with Crippen LogP contribution in [0.4, 0.5) is 0 Å². The van der Waals surface area contributed by atoms with Gasteiger partial charge in [0.2, 0.25) is 0 Å². The molecule has 0 bridgehead atoms. The average molecular weight is 185 g/mol. The molecule has 14 heavy (non-hydrogen) atoms. The zero-order valence-electron chi connectivity index (χ0n) is 7.31. The van der Waals surface area contributed by atoms with Crippen molar-refractivity contribution < 1.29 is 4.42 Å². The van der Waals surface area contributed by atoms with E-state index >= 15 is 0 Å². The van der Waals surface area contributed by atoms with Crippen LogP contribution in [0.15, 0.2) is 51.8 Å². The second-order valence-corrected chi connectivity index (χ2v) is 3.12. The third-order valence-electron chi connectivity index (χ3n) is 2.29. The van der Waals surface area contributed by atoms with Crippen LogP contribution in [0.1, 0.15) is 0 Å². The van der Waals surface area contributed by atoms with Gasteiger partial charge in [-0.05, 0) is 24.3 Å². The van der Waals surface area contributed by atoms with E-state index in [0.29, 0.717) is 11.1 Å². The second kappa shape index (κ2) is 2.48. The van der Waals surface area contributed by atoms with Gasteiger partial charge in [0.05, 0.1) is 5.52 Å². The first-order valence-corrected chi connectivity index (χ1v) is 4.35. The smallest absolute Gasteiger partial charge is 0.360 e. The van der Waals surface area contributed by atoms with Crippen LogP contribution in [0.2, 0.25) is 0 Å². The van der Waals surface area contributed by atoms with Crippen LogP contribution in [-0.4, -0.2) is 4.40 Å². The second-order valence-electron chi connectivity index (χ2n) is 3.12. The number of hydrogen-bond acceptors (Lipinski definition) is 2. The predicted molar refractivity (Wildman–Crippen MR) is 53.4 cm³/mol. The summed E-state index contributed by atoms with van der Waals surface area (Å²) in [5.41, 5.74) is 1.80. The van der Waals surface area contributed by atoms with Crippen LogP contribution in [-0.2, 0) is 0 Å². The largest absolute Gasteiger partial charge is 0.420 e. The quantitative estimate of drug-likeness (QED) is 0.537. The lowest BCUT2D eigenvalue weighted by Crippen LogP contribution is -2.03. The van der Waals surface area contributed by atoms with Crippen molar-refractivity contribution in [1.82, 2.24) is 4.40 Å². The summed E-state index contributed by atoms with van der Waals surface area (Å²) in [6, 6.07) is 11.1. The summed E-state index contributed by atoms with van der Waals surface area (Å²) in [5, 5.41) is 0. The van der Waals surface area contributed by atoms with Crippen molar-refractivity contribution in [1.29, 1.82) is 0 Å². The van der Waals surface area contributed by atoms with Crippen molar-refractivity contribution in [3.63, 3.8) is 0 Å². The van der Waals surface area contributed by atoms with Crippen molar-refractivity contribution >= 4 is 16.6 Å². The molecule has 3 aromatic rings. The first-order valence-electron chi connectivity index (χ1n) is 4.35. The molecule has 0 saturated carbocycles. The van der Waals surface area contributed by atoms with E-state index in [9.17, 15) is 4.79 Å². The maximum atomic E-state index is 11.5. The SMILES string of the molecule is O=c1oc2ccccc2n2cccc12. The molecule has 2 aromatic heterocycles. The Morgan fingerprint density at radius 1 is 1.00 bits per heavy atom. The first kappa shape index (κ1) is 7.38. The van der Waals surface area contributed by atoms with Gasteiger partial charge in [-0.25, -0.2) is 4.79 Å². The molecule has 0 amide bonds. The number of fused-ring (bicyclic) bond motifs is 3. The lowest BCUT2D eigenvalue weighted by Gasteiger charge is -1.99. The van der Waals surface area contributed by atoms with Gasteiger partial charge in [-0.1, -0.05) is 12.1 Å². The standard InChI is InChI=1S/C11H7NO2/c13-11-9-5-3-7-12(9)8-4-1-2-6-10(8)14-11/h1-7H. The van der Waals surface area contributed by atoms with Crippen molar-refractivity contribution in [2.75, 3.05) is 0 Å². The molecule has 3 rings (SSSR count). The van der Waals surface area contributed by atoms with Gasteiger partial charge in [0.15, 0.2) is 5.58 Å². The summed E-state index contributed by atoms with van der Waals surface area (Å²) in [5.74, 6) is 0. The van der Waals surface area contributed by atoms with E-state index < -0.39 is 0 Å². The molecule has 0 fully saturated rings. The first-order chi connectivity index (χ1) is 6.86. The minimum atomic E-state index is -0.297. The highest BCUT2D eigenvalue weighted by Gasteiger charge is 2.04. The Morgan fingerprint density at radius 2 is 1.79 bits per heavy atom. The molecular weight excluding hydrogens is 178 g/mol. The van der Waals surface area contributed by atoms with E-state index in [0.717, 1.165) is 5.52 Å². The molecule has 0 atom stereocenters. The van der Waals surface area contributed by atoms with Crippen LogP contribution in [0.25, 0.3) is 16.6 Å². The molecule has 2 heterocycles. The van der Waals surface area contributed by atoms with E-state index in [2.05, 4.69) is 0 Å². The van der Waals surface area contributed by atoms with Crippen LogP contribution in [0.3, 0.4) is 0 Å². The Labute approximate surface area is 79.2 Å². The van der Waals surface area contributed by atoms with Gasteiger partial charge in [0.25, 0.3) is 0 Å². The Morgan fingerprint density at radius 3 is 2.71 bits per heavy atom. The van der Waals surface area contributed by atoms with Gasteiger partial charge in [-0.15, -0.1) is 0 Å². The van der Waals surface area contributed by atoms with Crippen molar-refractivity contribution in [2.24, 2.45) is 0 Å². The summed E-state index contributed by atoms with van der Waals surface area (Å²) in [6.07, 6.45) is 1.86. The molecule has 0 saturated heterocycles. The normalized spacial score (nSPS) is 11.1. The van der Waals surface area contributed by atoms with E-state index in [-0.39, 0.29) is 5.63 Å². The average Bonchev–Trinajstić information content (AvgIpc) is 2.67. The molecular formula is C11H7NO2. The summed E-state index contributed by atoms with van der Waals surface area (Å²) in [6.45, 7) is 0. The molecule has 68 valence electrons. The number of hydrogen-bond donors (Lipinski definition) is 0. The van der Waals surface area contributed by atoms with Gasteiger partial charge >= 0.3 is 5.63 Å². The maximum absolute atomic E-state index is 11.5. The maximum Gasteiger partial charge on any atom is 0.360 e. The molecule has 0 aliphatic rings. The third-order valence-corrected chi connectivity index (χ3v) is 2.29. The minimum absolute atomic E-state index is 0.297. The summed E-state index contributed by atoms with van der Waals surface area (Å²) >= 11 is 0. The fraction of sp³-hybridized carbons (Fsp3) is 0. The Bertz CT molecular complexity index is 663. The highest BCUT2D eigenvalue weighted by atomic mass is 16.4. The van der Waals surface area contributed by atoms with Crippen LogP contribution in [0, 0.1) is 0 Å². The van der Waals surface area contributed by atoms with Crippen LogP contribution in [0.5, 0.6) is 0 Å². The summed E-state index contributed by atoms with van der Waals surface area (Å²) in [4.78, 5) is 11.5. The fourth-order valence-corrected chi connectivity index (χ4v) is 1.65. The van der Waals surface area contributed by atoms with E-state index in [1.807, 2.05) is 34.9 Å². The number of rotatable bonds is 0. The topological polar surface area (TPSA) is 34.6 Å². The molecule has 0 unspecified atom stereocenters. The lowest BCUT2D eigenvalue weighted by atomic mass is 10.3. The van der Waals surface area contributed by atoms with Crippen molar-refractivity contribution in [3.8, 4) is 0 Å². The highest BCUT2D eigenvalue weighted by Crippen LogP contribution is 2.13. The number of benzene rings is 1. The van der Waals surface area contributed by atoms with Gasteiger partial charge in [-0.2, -0.15) is 0 Å². The van der Waals surface area contributed by atoms with Crippen molar-refractivity contribution in [3.05, 3.63) is 53.0 Å². The van der Waals surface area contributed by atoms with Gasteiger partial charge in [0, 0.05) is 6.20 Å². The van der Waals surface area contributed by atoms with Crippen LogP contribution < -0.4 is 5.63 Å². The predicted octanol–water partition coefficient (Wildman–Crippen LogP) is 2.05.